The lowest BCUT2D eigenvalue weighted by atomic mass is 10.2. The fourth-order valence-electron chi connectivity index (χ4n) is 1.64. The molecular formula is C13H13IN2OS. The van der Waals surface area contributed by atoms with Crippen molar-refractivity contribution in [2.75, 3.05) is 0 Å². The maximum absolute atomic E-state index is 12.0. The van der Waals surface area contributed by atoms with Gasteiger partial charge in [-0.15, -0.1) is 11.3 Å². The Morgan fingerprint density at radius 3 is 2.72 bits per heavy atom. The average Bonchev–Trinajstić information content (AvgIpc) is 2.65. The molecule has 3 nitrogen and oxygen atoms in total. The summed E-state index contributed by atoms with van der Waals surface area (Å²) < 4.78 is 0.963. The first-order valence-corrected chi connectivity index (χ1v) is 7.43. The Balaban J connectivity index is 2.05. The van der Waals surface area contributed by atoms with E-state index >= 15 is 0 Å². The van der Waals surface area contributed by atoms with Crippen LogP contribution in [0, 0.1) is 17.4 Å². The highest BCUT2D eigenvalue weighted by Gasteiger charge is 2.10. The summed E-state index contributed by atoms with van der Waals surface area (Å²) in [6.07, 6.45) is 0. The third-order valence-electron chi connectivity index (χ3n) is 2.53. The van der Waals surface area contributed by atoms with Gasteiger partial charge in [0.15, 0.2) is 0 Å². The zero-order valence-electron chi connectivity index (χ0n) is 10.2. The van der Waals surface area contributed by atoms with E-state index in [-0.39, 0.29) is 5.91 Å². The van der Waals surface area contributed by atoms with E-state index in [2.05, 4.69) is 32.9 Å². The van der Waals surface area contributed by atoms with Gasteiger partial charge in [0.2, 0.25) is 0 Å². The number of halogens is 1. The van der Waals surface area contributed by atoms with Gasteiger partial charge in [0.1, 0.15) is 0 Å². The molecule has 2 rings (SSSR count). The van der Waals surface area contributed by atoms with Gasteiger partial charge in [0, 0.05) is 8.45 Å². The number of carbonyl (C=O) groups is 1. The molecule has 0 aliphatic rings. The monoisotopic (exact) mass is 372 g/mol. The van der Waals surface area contributed by atoms with Crippen molar-refractivity contribution < 1.29 is 4.79 Å². The number of hydrogen-bond donors (Lipinski definition) is 1. The van der Waals surface area contributed by atoms with Gasteiger partial charge >= 0.3 is 0 Å². The molecule has 1 N–H and O–H groups in total. The fraction of sp³-hybridized carbons (Fsp3) is 0.231. The molecule has 94 valence electrons. The Morgan fingerprint density at radius 1 is 1.39 bits per heavy atom. The van der Waals surface area contributed by atoms with Crippen LogP contribution in [0.4, 0.5) is 0 Å². The van der Waals surface area contributed by atoms with Crippen LogP contribution in [-0.2, 0) is 6.54 Å². The smallest absolute Gasteiger partial charge is 0.252 e. The first kappa shape index (κ1) is 13.5. The molecule has 0 aliphatic heterocycles. The van der Waals surface area contributed by atoms with Crippen LogP contribution in [-0.4, -0.2) is 10.9 Å². The van der Waals surface area contributed by atoms with Crippen molar-refractivity contribution in [3.05, 3.63) is 49.0 Å². The highest BCUT2D eigenvalue weighted by atomic mass is 127. The number of aryl methyl sites for hydroxylation is 2. The van der Waals surface area contributed by atoms with E-state index in [0.29, 0.717) is 6.54 Å². The second-order valence-corrected chi connectivity index (χ2v) is 6.35. The van der Waals surface area contributed by atoms with Gasteiger partial charge in [-0.1, -0.05) is 12.1 Å². The van der Waals surface area contributed by atoms with Gasteiger partial charge < -0.3 is 5.32 Å². The Labute approximate surface area is 124 Å². The van der Waals surface area contributed by atoms with E-state index in [1.165, 1.54) is 0 Å². The van der Waals surface area contributed by atoms with E-state index in [9.17, 15) is 4.79 Å². The summed E-state index contributed by atoms with van der Waals surface area (Å²) in [6, 6.07) is 7.56. The number of nitrogens with one attached hydrogen (secondary N) is 1. The molecule has 0 spiro atoms. The molecular weight excluding hydrogens is 359 g/mol. The summed E-state index contributed by atoms with van der Waals surface area (Å²) in [7, 11) is 0. The average molecular weight is 372 g/mol. The molecule has 5 heteroatoms. The van der Waals surface area contributed by atoms with Gasteiger partial charge in [-0.25, -0.2) is 4.98 Å². The highest BCUT2D eigenvalue weighted by molar-refractivity contribution is 14.1. The number of carbonyl (C=O) groups excluding carboxylic acids is 1. The highest BCUT2D eigenvalue weighted by Crippen LogP contribution is 2.17. The number of benzene rings is 1. The van der Waals surface area contributed by atoms with Crippen LogP contribution in [0.3, 0.4) is 0 Å². The Morgan fingerprint density at radius 2 is 2.11 bits per heavy atom. The van der Waals surface area contributed by atoms with Crippen LogP contribution in [0.15, 0.2) is 24.3 Å². The summed E-state index contributed by atoms with van der Waals surface area (Å²) in [6.45, 7) is 4.49. The van der Waals surface area contributed by atoms with Crippen molar-refractivity contribution in [1.82, 2.24) is 10.3 Å². The molecule has 1 heterocycles. The van der Waals surface area contributed by atoms with Gasteiger partial charge in [0.05, 0.1) is 22.8 Å². The van der Waals surface area contributed by atoms with Crippen molar-refractivity contribution >= 4 is 39.8 Å². The maximum atomic E-state index is 12.0. The van der Waals surface area contributed by atoms with Crippen LogP contribution >= 0.6 is 33.9 Å². The quantitative estimate of drug-likeness (QED) is 0.841. The Hall–Kier alpha value is -0.950. The molecule has 0 bridgehead atoms. The standard InChI is InChI=1S/C13H13IN2OS/c1-8-12(18-9(2)16-8)7-15-13(17)10-5-3-4-6-11(10)14/h3-6H,7H2,1-2H3,(H,15,17). The SMILES string of the molecule is Cc1nc(C)c(CNC(=O)c2ccccc2I)s1. The molecule has 0 saturated carbocycles. The van der Waals surface area contributed by atoms with Gasteiger partial charge in [0.25, 0.3) is 5.91 Å². The molecule has 18 heavy (non-hydrogen) atoms. The van der Waals surface area contributed by atoms with Crippen molar-refractivity contribution in [2.45, 2.75) is 20.4 Å². The van der Waals surface area contributed by atoms with Gasteiger partial charge in [-0.3, -0.25) is 4.79 Å². The molecule has 0 aliphatic carbocycles. The molecule has 0 unspecified atom stereocenters. The first-order chi connectivity index (χ1) is 8.58. The zero-order valence-corrected chi connectivity index (χ0v) is 13.1. The van der Waals surface area contributed by atoms with Crippen LogP contribution in [0.25, 0.3) is 0 Å². The van der Waals surface area contributed by atoms with E-state index in [4.69, 9.17) is 0 Å². The van der Waals surface area contributed by atoms with Crippen molar-refractivity contribution in [3.63, 3.8) is 0 Å². The molecule has 0 atom stereocenters. The zero-order chi connectivity index (χ0) is 13.1. The van der Waals surface area contributed by atoms with Crippen LogP contribution in [0.1, 0.15) is 25.9 Å². The maximum Gasteiger partial charge on any atom is 0.252 e. The van der Waals surface area contributed by atoms with E-state index < -0.39 is 0 Å². The second kappa shape index (κ2) is 5.79. The van der Waals surface area contributed by atoms with Crippen molar-refractivity contribution in [1.29, 1.82) is 0 Å². The lowest BCUT2D eigenvalue weighted by Gasteiger charge is -2.05. The van der Waals surface area contributed by atoms with Crippen molar-refractivity contribution in [3.8, 4) is 0 Å². The molecule has 1 amide bonds. The van der Waals surface area contributed by atoms with Gasteiger partial charge in [-0.2, -0.15) is 0 Å². The molecule has 1 aromatic carbocycles. The lowest BCUT2D eigenvalue weighted by molar-refractivity contribution is 0.0950. The summed E-state index contributed by atoms with van der Waals surface area (Å²) in [5.41, 5.74) is 1.72. The largest absolute Gasteiger partial charge is 0.347 e. The topological polar surface area (TPSA) is 42.0 Å². The number of rotatable bonds is 3. The lowest BCUT2D eigenvalue weighted by Crippen LogP contribution is -2.23. The fourth-order valence-corrected chi connectivity index (χ4v) is 3.15. The normalized spacial score (nSPS) is 10.4. The molecule has 2 aromatic rings. The van der Waals surface area contributed by atoms with Gasteiger partial charge in [-0.05, 0) is 48.6 Å². The molecule has 0 fully saturated rings. The van der Waals surface area contributed by atoms with E-state index in [0.717, 1.165) is 24.7 Å². The first-order valence-electron chi connectivity index (χ1n) is 5.53. The second-order valence-electron chi connectivity index (χ2n) is 3.90. The number of hydrogen-bond acceptors (Lipinski definition) is 3. The number of nitrogens with zero attached hydrogens (tertiary/aromatic N) is 1. The Kier molecular flexibility index (Phi) is 4.34. The van der Waals surface area contributed by atoms with Crippen LogP contribution in [0.5, 0.6) is 0 Å². The minimum atomic E-state index is -0.0366. The third-order valence-corrected chi connectivity index (χ3v) is 4.54. The molecule has 0 radical (unpaired) electrons. The molecule has 1 aromatic heterocycles. The predicted octanol–water partition coefficient (Wildman–Crippen LogP) is 3.29. The summed E-state index contributed by atoms with van der Waals surface area (Å²) in [5, 5.41) is 3.97. The minimum Gasteiger partial charge on any atom is -0.347 e. The summed E-state index contributed by atoms with van der Waals surface area (Å²) in [4.78, 5) is 17.5. The molecule has 0 saturated heterocycles. The van der Waals surface area contributed by atoms with Crippen LogP contribution < -0.4 is 5.32 Å². The summed E-state index contributed by atoms with van der Waals surface area (Å²) >= 11 is 3.80. The number of aromatic nitrogens is 1. The minimum absolute atomic E-state index is 0.0366. The Bertz CT molecular complexity index is 580. The summed E-state index contributed by atoms with van der Waals surface area (Å²) in [5.74, 6) is -0.0366. The number of amides is 1. The van der Waals surface area contributed by atoms with E-state index in [1.54, 1.807) is 11.3 Å². The van der Waals surface area contributed by atoms with Crippen LogP contribution in [0.2, 0.25) is 0 Å². The van der Waals surface area contributed by atoms with E-state index in [1.807, 2.05) is 38.1 Å². The third kappa shape index (κ3) is 3.08. The predicted molar refractivity (Wildman–Crippen MR) is 81.9 cm³/mol. The number of thiazole rings is 1. The van der Waals surface area contributed by atoms with Crippen molar-refractivity contribution in [2.24, 2.45) is 0 Å².